The number of carbonyl (C=O) groups excluding carboxylic acids is 2. The lowest BCUT2D eigenvalue weighted by Crippen LogP contribution is -2.38. The van der Waals surface area contributed by atoms with E-state index in [-0.39, 0.29) is 10.8 Å². The summed E-state index contributed by atoms with van der Waals surface area (Å²) < 4.78 is 25.3. The van der Waals surface area contributed by atoms with Gasteiger partial charge in [0.2, 0.25) is 10.0 Å². The van der Waals surface area contributed by atoms with Crippen molar-refractivity contribution in [2.45, 2.75) is 6.42 Å². The number of likely N-dealkylation sites (N-methyl/N-ethyl adjacent to an activating group) is 1. The quantitative estimate of drug-likeness (QED) is 0.715. The predicted octanol–water partition coefficient (Wildman–Crippen LogP) is 0.496. The van der Waals surface area contributed by atoms with Crippen LogP contribution in [0.25, 0.3) is 0 Å². The van der Waals surface area contributed by atoms with Crippen LogP contribution >= 0.6 is 11.6 Å². The van der Waals surface area contributed by atoms with Crippen molar-refractivity contribution >= 4 is 44.8 Å². The number of hydrogen-bond donors (Lipinski definition) is 2. The minimum atomic E-state index is -3.39. The number of rotatable bonds is 5. The Morgan fingerprint density at radius 2 is 2.00 bits per heavy atom. The summed E-state index contributed by atoms with van der Waals surface area (Å²) in [6, 6.07) is 4.46. The van der Waals surface area contributed by atoms with E-state index in [1.807, 2.05) is 19.0 Å². The monoisotopic (exact) mass is 388 g/mol. The SMILES string of the molecule is CN(C)CCNC(=O)C(=O)Nc1ccc(Cl)c(N2CCCS2(=O)=O)c1. The molecule has 1 fully saturated rings. The third-order valence-electron chi connectivity index (χ3n) is 3.62. The van der Waals surface area contributed by atoms with Crippen molar-refractivity contribution in [1.29, 1.82) is 0 Å². The second-order valence-electron chi connectivity index (χ2n) is 5.92. The molecular formula is C15H21ClN4O4S. The van der Waals surface area contributed by atoms with Gasteiger partial charge in [-0.25, -0.2) is 8.42 Å². The number of anilines is 2. The number of halogens is 1. The van der Waals surface area contributed by atoms with Crippen molar-refractivity contribution in [2.24, 2.45) is 0 Å². The summed E-state index contributed by atoms with van der Waals surface area (Å²) in [7, 11) is 0.318. The fourth-order valence-corrected chi connectivity index (χ4v) is 4.19. The molecule has 1 heterocycles. The molecule has 2 N–H and O–H groups in total. The van der Waals surface area contributed by atoms with Crippen LogP contribution in [0.3, 0.4) is 0 Å². The average Bonchev–Trinajstić information content (AvgIpc) is 2.87. The van der Waals surface area contributed by atoms with Crippen molar-refractivity contribution in [3.8, 4) is 0 Å². The largest absolute Gasteiger partial charge is 0.347 e. The lowest BCUT2D eigenvalue weighted by atomic mass is 10.2. The molecule has 0 unspecified atom stereocenters. The van der Waals surface area contributed by atoms with Crippen molar-refractivity contribution in [2.75, 3.05) is 49.1 Å². The zero-order valence-electron chi connectivity index (χ0n) is 14.1. The smallest absolute Gasteiger partial charge is 0.313 e. The summed E-state index contributed by atoms with van der Waals surface area (Å²) in [4.78, 5) is 25.6. The number of nitrogens with one attached hydrogen (secondary N) is 2. The van der Waals surface area contributed by atoms with Crippen molar-refractivity contribution in [3.63, 3.8) is 0 Å². The topological polar surface area (TPSA) is 98.8 Å². The lowest BCUT2D eigenvalue weighted by molar-refractivity contribution is -0.136. The molecule has 1 aromatic carbocycles. The molecule has 0 saturated carbocycles. The van der Waals surface area contributed by atoms with Crippen LogP contribution < -0.4 is 14.9 Å². The van der Waals surface area contributed by atoms with E-state index in [1.165, 1.54) is 22.5 Å². The van der Waals surface area contributed by atoms with Gasteiger partial charge in [0.15, 0.2) is 0 Å². The number of sulfonamides is 1. The van der Waals surface area contributed by atoms with Gasteiger partial charge in [-0.2, -0.15) is 0 Å². The maximum Gasteiger partial charge on any atom is 0.313 e. The Morgan fingerprint density at radius 3 is 2.60 bits per heavy atom. The molecular weight excluding hydrogens is 368 g/mol. The number of carbonyl (C=O) groups is 2. The maximum atomic E-state index is 12.0. The van der Waals surface area contributed by atoms with Crippen LogP contribution in [0, 0.1) is 0 Å². The van der Waals surface area contributed by atoms with E-state index in [9.17, 15) is 18.0 Å². The van der Waals surface area contributed by atoms with Crippen LogP contribution in [0.2, 0.25) is 5.02 Å². The van der Waals surface area contributed by atoms with Crippen LogP contribution in [0.5, 0.6) is 0 Å². The summed E-state index contributed by atoms with van der Waals surface area (Å²) in [6.45, 7) is 1.29. The molecule has 1 aliphatic rings. The highest BCUT2D eigenvalue weighted by Gasteiger charge is 2.30. The molecule has 1 aromatic rings. The minimum absolute atomic E-state index is 0.0637. The molecule has 25 heavy (non-hydrogen) atoms. The first-order valence-electron chi connectivity index (χ1n) is 7.74. The molecule has 2 amide bonds. The average molecular weight is 389 g/mol. The van der Waals surface area contributed by atoms with Gasteiger partial charge in [0.1, 0.15) is 0 Å². The van der Waals surface area contributed by atoms with Crippen molar-refractivity contribution < 1.29 is 18.0 Å². The molecule has 0 radical (unpaired) electrons. The maximum absolute atomic E-state index is 12.0. The fourth-order valence-electron chi connectivity index (χ4n) is 2.35. The van der Waals surface area contributed by atoms with Gasteiger partial charge in [-0.15, -0.1) is 0 Å². The van der Waals surface area contributed by atoms with Crippen LogP contribution in [0.15, 0.2) is 18.2 Å². The molecule has 0 aromatic heterocycles. The Balaban J connectivity index is 2.07. The Bertz CT molecular complexity index is 767. The van der Waals surface area contributed by atoms with Gasteiger partial charge >= 0.3 is 11.8 Å². The summed E-state index contributed by atoms with van der Waals surface area (Å²) in [5.74, 6) is -1.52. The molecule has 1 aliphatic heterocycles. The predicted molar refractivity (Wildman–Crippen MR) is 97.4 cm³/mol. The molecule has 0 spiro atoms. The molecule has 2 rings (SSSR count). The molecule has 10 heteroatoms. The zero-order valence-corrected chi connectivity index (χ0v) is 15.7. The Labute approximate surface area is 152 Å². The summed E-state index contributed by atoms with van der Waals surface area (Å²) in [6.07, 6.45) is 0.517. The Kier molecular flexibility index (Phi) is 6.26. The van der Waals surface area contributed by atoms with Crippen LogP contribution in [0.4, 0.5) is 11.4 Å². The Hall–Kier alpha value is -1.84. The summed E-state index contributed by atoms with van der Waals surface area (Å²) >= 11 is 6.10. The zero-order chi connectivity index (χ0) is 18.6. The highest BCUT2D eigenvalue weighted by atomic mass is 35.5. The van der Waals surface area contributed by atoms with Gasteiger partial charge in [0.25, 0.3) is 0 Å². The first-order chi connectivity index (χ1) is 11.7. The third kappa shape index (κ3) is 5.07. The number of nitrogens with zero attached hydrogens (tertiary/aromatic N) is 2. The first kappa shape index (κ1) is 19.5. The first-order valence-corrected chi connectivity index (χ1v) is 9.73. The number of hydrogen-bond acceptors (Lipinski definition) is 5. The summed E-state index contributed by atoms with van der Waals surface area (Å²) in [5, 5.41) is 5.22. The number of benzene rings is 1. The van der Waals surface area contributed by atoms with Gasteiger partial charge in [0.05, 0.1) is 16.5 Å². The van der Waals surface area contributed by atoms with Gasteiger partial charge in [-0.05, 0) is 38.7 Å². The lowest BCUT2D eigenvalue weighted by Gasteiger charge is -2.19. The fraction of sp³-hybridized carbons (Fsp3) is 0.467. The van der Waals surface area contributed by atoms with E-state index < -0.39 is 21.8 Å². The van der Waals surface area contributed by atoms with Crippen LogP contribution in [-0.4, -0.2) is 64.6 Å². The molecule has 0 aliphatic carbocycles. The molecule has 1 saturated heterocycles. The van der Waals surface area contributed by atoms with Crippen molar-refractivity contribution in [3.05, 3.63) is 23.2 Å². The van der Waals surface area contributed by atoms with E-state index in [1.54, 1.807) is 0 Å². The van der Waals surface area contributed by atoms with E-state index in [4.69, 9.17) is 11.6 Å². The van der Waals surface area contributed by atoms with Crippen molar-refractivity contribution in [1.82, 2.24) is 10.2 Å². The second-order valence-corrected chi connectivity index (χ2v) is 8.34. The second kappa shape index (κ2) is 8.03. The Morgan fingerprint density at radius 1 is 1.28 bits per heavy atom. The molecule has 138 valence electrons. The van der Waals surface area contributed by atoms with E-state index >= 15 is 0 Å². The summed E-state index contributed by atoms with van der Waals surface area (Å²) in [5.41, 5.74) is 0.597. The van der Waals surface area contributed by atoms with Gasteiger partial charge in [-0.1, -0.05) is 11.6 Å². The third-order valence-corrected chi connectivity index (χ3v) is 5.80. The highest BCUT2D eigenvalue weighted by molar-refractivity contribution is 7.93. The van der Waals surface area contributed by atoms with Gasteiger partial charge < -0.3 is 15.5 Å². The molecule has 0 bridgehead atoms. The van der Waals surface area contributed by atoms with Gasteiger partial charge in [0, 0.05) is 25.3 Å². The minimum Gasteiger partial charge on any atom is -0.347 e. The van der Waals surface area contributed by atoms with E-state index in [2.05, 4.69) is 10.6 Å². The van der Waals surface area contributed by atoms with E-state index in [0.29, 0.717) is 37.4 Å². The number of amides is 2. The van der Waals surface area contributed by atoms with E-state index in [0.717, 1.165) is 0 Å². The van der Waals surface area contributed by atoms with Crippen LogP contribution in [0.1, 0.15) is 6.42 Å². The standard InChI is InChI=1S/C15H21ClN4O4S/c1-19(2)8-6-17-14(21)15(22)18-11-4-5-12(16)13(10-11)20-7-3-9-25(20,23)24/h4-5,10H,3,6-9H2,1-2H3,(H,17,21)(H,18,22). The van der Waals surface area contributed by atoms with Gasteiger partial charge in [-0.3, -0.25) is 13.9 Å². The molecule has 0 atom stereocenters. The highest BCUT2D eigenvalue weighted by Crippen LogP contribution is 2.33. The van der Waals surface area contributed by atoms with Crippen LogP contribution in [-0.2, 0) is 19.6 Å². The molecule has 8 nitrogen and oxygen atoms in total. The normalized spacial score (nSPS) is 16.1.